The number of aromatic nitrogens is 2. The number of methoxy groups -OCH3 is 1. The van der Waals surface area contributed by atoms with Crippen LogP contribution in [0.4, 0.5) is 0 Å². The summed E-state index contributed by atoms with van der Waals surface area (Å²) in [4.78, 5) is 25.7. The van der Waals surface area contributed by atoms with Gasteiger partial charge in [0.2, 0.25) is 0 Å². The zero-order chi connectivity index (χ0) is 22.2. The predicted octanol–water partition coefficient (Wildman–Crippen LogP) is 3.26. The van der Waals surface area contributed by atoms with Gasteiger partial charge in [-0.15, -0.1) is 0 Å². The first-order valence-electron chi connectivity index (χ1n) is 10.4. The lowest BCUT2D eigenvalue weighted by Crippen LogP contribution is -2.46. The smallest absolute Gasteiger partial charge is 0.272 e. The quantitative estimate of drug-likeness (QED) is 0.612. The molecule has 1 saturated heterocycles. The van der Waals surface area contributed by atoms with Crippen LogP contribution in [0.5, 0.6) is 0 Å². The monoisotopic (exact) mass is 465 g/mol. The first-order valence-corrected chi connectivity index (χ1v) is 11.2. The first kappa shape index (κ1) is 23.9. The highest BCUT2D eigenvalue weighted by molar-refractivity contribution is 6.42. The summed E-state index contributed by atoms with van der Waals surface area (Å²) in [6.07, 6.45) is 5.03. The van der Waals surface area contributed by atoms with Crippen molar-refractivity contribution in [2.45, 2.75) is 32.0 Å². The number of benzene rings is 1. The van der Waals surface area contributed by atoms with Crippen LogP contribution in [0.3, 0.4) is 0 Å². The van der Waals surface area contributed by atoms with Crippen LogP contribution in [-0.4, -0.2) is 72.1 Å². The van der Waals surface area contributed by atoms with E-state index in [0.717, 1.165) is 50.2 Å². The Morgan fingerprint density at radius 1 is 1.26 bits per heavy atom. The van der Waals surface area contributed by atoms with Gasteiger partial charge >= 0.3 is 0 Å². The first-order chi connectivity index (χ1) is 15.0. The van der Waals surface area contributed by atoms with E-state index in [1.807, 2.05) is 17.0 Å². The van der Waals surface area contributed by atoms with Crippen LogP contribution >= 0.6 is 23.2 Å². The number of nitrogens with zero attached hydrogens (tertiary/aromatic N) is 4. The standard InChI is InChI=1S/C22H29Cl2N5O2/c1-28(9-10-31-2)18-5-7-29(8-6-18)22(30)21-17(14-26-15-27-21)13-25-12-16-3-4-19(23)20(24)11-16/h3-4,11,14-15,18,25H,5-10,12-13H2,1-2H3. The number of likely N-dealkylation sites (tertiary alicyclic amines) is 1. The summed E-state index contributed by atoms with van der Waals surface area (Å²) in [5, 5.41) is 4.39. The zero-order valence-corrected chi connectivity index (χ0v) is 19.5. The van der Waals surface area contributed by atoms with E-state index < -0.39 is 0 Å². The molecule has 0 atom stereocenters. The Balaban J connectivity index is 1.56. The number of carbonyl (C=O) groups is 1. The van der Waals surface area contributed by atoms with Gasteiger partial charge in [0.25, 0.3) is 5.91 Å². The summed E-state index contributed by atoms with van der Waals surface area (Å²) < 4.78 is 5.17. The Morgan fingerprint density at radius 3 is 2.74 bits per heavy atom. The Morgan fingerprint density at radius 2 is 2.03 bits per heavy atom. The number of ether oxygens (including phenoxy) is 1. The molecule has 0 aliphatic carbocycles. The number of nitrogens with one attached hydrogen (secondary N) is 1. The van der Waals surface area contributed by atoms with Crippen molar-refractivity contribution in [1.29, 1.82) is 0 Å². The van der Waals surface area contributed by atoms with Crippen LogP contribution in [0.25, 0.3) is 0 Å². The average molecular weight is 466 g/mol. The molecular weight excluding hydrogens is 437 g/mol. The second-order valence-electron chi connectivity index (χ2n) is 7.75. The lowest BCUT2D eigenvalue weighted by atomic mass is 10.0. The van der Waals surface area contributed by atoms with Gasteiger partial charge in [-0.25, -0.2) is 9.97 Å². The molecule has 7 nitrogen and oxygen atoms in total. The molecule has 0 bridgehead atoms. The van der Waals surface area contributed by atoms with Gasteiger partial charge in [0, 0.05) is 57.6 Å². The topological polar surface area (TPSA) is 70.6 Å². The normalized spacial score (nSPS) is 14.9. The molecule has 1 fully saturated rings. The predicted molar refractivity (Wildman–Crippen MR) is 122 cm³/mol. The molecular formula is C22H29Cl2N5O2. The number of rotatable bonds is 9. The number of hydrogen-bond acceptors (Lipinski definition) is 6. The lowest BCUT2D eigenvalue weighted by molar-refractivity contribution is 0.0606. The van der Waals surface area contributed by atoms with Crippen molar-refractivity contribution in [2.24, 2.45) is 0 Å². The van der Waals surface area contributed by atoms with Crippen molar-refractivity contribution >= 4 is 29.1 Å². The third kappa shape index (κ3) is 6.60. The molecule has 1 aliphatic rings. The van der Waals surface area contributed by atoms with Gasteiger partial charge < -0.3 is 19.9 Å². The Bertz CT molecular complexity index is 875. The maximum Gasteiger partial charge on any atom is 0.272 e. The molecule has 9 heteroatoms. The van der Waals surface area contributed by atoms with E-state index >= 15 is 0 Å². The molecule has 1 aromatic heterocycles. The van der Waals surface area contributed by atoms with Gasteiger partial charge in [-0.1, -0.05) is 29.3 Å². The van der Waals surface area contributed by atoms with E-state index in [9.17, 15) is 4.79 Å². The summed E-state index contributed by atoms with van der Waals surface area (Å²) in [6, 6.07) is 6.00. The molecule has 31 heavy (non-hydrogen) atoms. The van der Waals surface area contributed by atoms with E-state index in [-0.39, 0.29) is 5.91 Å². The van der Waals surface area contributed by atoms with Crippen molar-refractivity contribution in [3.8, 4) is 0 Å². The summed E-state index contributed by atoms with van der Waals surface area (Å²) in [6.45, 7) is 4.14. The fraction of sp³-hybridized carbons (Fsp3) is 0.500. The van der Waals surface area contributed by atoms with Gasteiger partial charge in [0.15, 0.2) is 0 Å². The van der Waals surface area contributed by atoms with Crippen molar-refractivity contribution in [3.05, 3.63) is 57.6 Å². The highest BCUT2D eigenvalue weighted by Crippen LogP contribution is 2.22. The molecule has 0 radical (unpaired) electrons. The van der Waals surface area contributed by atoms with E-state index in [1.54, 1.807) is 19.4 Å². The average Bonchev–Trinajstić information content (AvgIpc) is 2.80. The van der Waals surface area contributed by atoms with Gasteiger partial charge in [-0.3, -0.25) is 4.79 Å². The third-order valence-electron chi connectivity index (χ3n) is 5.64. The van der Waals surface area contributed by atoms with Crippen LogP contribution in [0.15, 0.2) is 30.7 Å². The van der Waals surface area contributed by atoms with Crippen molar-refractivity contribution in [3.63, 3.8) is 0 Å². The zero-order valence-electron chi connectivity index (χ0n) is 18.0. The minimum atomic E-state index is -0.0354. The maximum atomic E-state index is 13.1. The van der Waals surface area contributed by atoms with Crippen LogP contribution < -0.4 is 5.32 Å². The van der Waals surface area contributed by atoms with Gasteiger partial charge in [-0.05, 0) is 37.6 Å². The van der Waals surface area contributed by atoms with Crippen molar-refractivity contribution in [1.82, 2.24) is 25.1 Å². The Kier molecular flexibility index (Phi) is 9.04. The molecule has 0 spiro atoms. The van der Waals surface area contributed by atoms with Crippen LogP contribution in [-0.2, 0) is 17.8 Å². The second kappa shape index (κ2) is 11.7. The molecule has 0 saturated carbocycles. The molecule has 1 N–H and O–H groups in total. The number of hydrogen-bond donors (Lipinski definition) is 1. The number of carbonyl (C=O) groups excluding carboxylic acids is 1. The van der Waals surface area contributed by atoms with E-state index in [0.29, 0.717) is 34.9 Å². The van der Waals surface area contributed by atoms with E-state index in [2.05, 4.69) is 27.2 Å². The number of amides is 1. The SMILES string of the molecule is COCCN(C)C1CCN(C(=O)c2ncncc2CNCc2ccc(Cl)c(Cl)c2)CC1. The highest BCUT2D eigenvalue weighted by Gasteiger charge is 2.27. The lowest BCUT2D eigenvalue weighted by Gasteiger charge is -2.36. The van der Waals surface area contributed by atoms with E-state index in [4.69, 9.17) is 27.9 Å². The van der Waals surface area contributed by atoms with Crippen LogP contribution in [0.2, 0.25) is 10.0 Å². The third-order valence-corrected chi connectivity index (χ3v) is 6.38. The molecule has 1 aliphatic heterocycles. The summed E-state index contributed by atoms with van der Waals surface area (Å²) >= 11 is 12.0. The molecule has 2 aromatic rings. The van der Waals surface area contributed by atoms with Gasteiger partial charge in [0.05, 0.1) is 16.7 Å². The maximum absolute atomic E-state index is 13.1. The largest absolute Gasteiger partial charge is 0.383 e. The molecule has 1 amide bonds. The summed E-state index contributed by atoms with van der Waals surface area (Å²) in [5.41, 5.74) is 2.26. The number of piperidine rings is 1. The van der Waals surface area contributed by atoms with Crippen LogP contribution in [0, 0.1) is 0 Å². The Hall–Kier alpha value is -1.77. The van der Waals surface area contributed by atoms with Crippen molar-refractivity contribution in [2.75, 3.05) is 40.4 Å². The summed E-state index contributed by atoms with van der Waals surface area (Å²) in [7, 11) is 3.83. The Labute approximate surface area is 193 Å². The van der Waals surface area contributed by atoms with Gasteiger partial charge in [0.1, 0.15) is 12.0 Å². The van der Waals surface area contributed by atoms with E-state index in [1.165, 1.54) is 6.33 Å². The highest BCUT2D eigenvalue weighted by atomic mass is 35.5. The molecule has 168 valence electrons. The molecule has 2 heterocycles. The summed E-state index contributed by atoms with van der Waals surface area (Å²) in [5.74, 6) is -0.0354. The fourth-order valence-corrected chi connectivity index (χ4v) is 4.07. The van der Waals surface area contributed by atoms with Crippen LogP contribution in [0.1, 0.15) is 34.5 Å². The number of likely N-dealkylation sites (N-methyl/N-ethyl adjacent to an activating group) is 1. The van der Waals surface area contributed by atoms with Crippen molar-refractivity contribution < 1.29 is 9.53 Å². The molecule has 0 unspecified atom stereocenters. The van der Waals surface area contributed by atoms with Gasteiger partial charge in [-0.2, -0.15) is 0 Å². The second-order valence-corrected chi connectivity index (χ2v) is 8.56. The molecule has 1 aromatic carbocycles. The minimum absolute atomic E-state index is 0.0354. The fourth-order valence-electron chi connectivity index (χ4n) is 3.75. The molecule has 3 rings (SSSR count). The minimum Gasteiger partial charge on any atom is -0.383 e. The number of halogens is 2.